The lowest BCUT2D eigenvalue weighted by Crippen LogP contribution is -2.19. The molecule has 2 N–H and O–H groups in total. The van der Waals surface area contributed by atoms with Gasteiger partial charge in [-0.3, -0.25) is 4.98 Å². The predicted octanol–water partition coefficient (Wildman–Crippen LogP) is 6.23. The molecule has 5 nitrogen and oxygen atoms in total. The summed E-state index contributed by atoms with van der Waals surface area (Å²) in [5, 5.41) is 10.3. The number of fused-ring (bicyclic) bond motifs is 2. The molecule has 0 radical (unpaired) electrons. The molecule has 1 unspecified atom stereocenters. The standard InChI is InChI=1S/C27H29F2N3O2/c1-15(33)14-34-26-13-25-24(12-22(26)29)31-27(32-25)16(2)17-3-5-18(6-4-17)20-9-10-30-23-8-7-19(28)11-21(20)23/h7-13,15-18,33H,3-6,14H2,1-2H3,(H,31,32)/t15?,16-,17-,18+/m1/s1. The van der Waals surface area contributed by atoms with Gasteiger partial charge in [-0.15, -0.1) is 0 Å². The lowest BCUT2D eigenvalue weighted by molar-refractivity contribution is 0.120. The molecule has 2 atom stereocenters. The van der Waals surface area contributed by atoms with Crippen LogP contribution in [-0.2, 0) is 0 Å². The average Bonchev–Trinajstić information content (AvgIpc) is 3.24. The molecule has 0 saturated heterocycles. The molecular formula is C27H29F2N3O2. The van der Waals surface area contributed by atoms with Crippen LogP contribution in [0.4, 0.5) is 8.78 Å². The van der Waals surface area contributed by atoms with E-state index in [4.69, 9.17) is 9.72 Å². The molecule has 0 bridgehead atoms. The van der Waals surface area contributed by atoms with Gasteiger partial charge in [0, 0.05) is 29.6 Å². The Morgan fingerprint density at radius 2 is 1.85 bits per heavy atom. The van der Waals surface area contributed by atoms with Crippen molar-refractivity contribution in [2.24, 2.45) is 5.92 Å². The summed E-state index contributed by atoms with van der Waals surface area (Å²) in [6.45, 7) is 3.79. The summed E-state index contributed by atoms with van der Waals surface area (Å²) in [7, 11) is 0. The molecule has 1 fully saturated rings. The summed E-state index contributed by atoms with van der Waals surface area (Å²) in [5.41, 5.74) is 3.31. The number of benzene rings is 2. The topological polar surface area (TPSA) is 71.0 Å². The molecule has 2 aromatic heterocycles. The van der Waals surface area contributed by atoms with Gasteiger partial charge in [0.05, 0.1) is 22.7 Å². The highest BCUT2D eigenvalue weighted by molar-refractivity contribution is 5.82. The number of halogens is 2. The third-order valence-electron chi connectivity index (χ3n) is 7.12. The fraction of sp³-hybridized carbons (Fsp3) is 0.407. The Morgan fingerprint density at radius 3 is 2.62 bits per heavy atom. The molecular weight excluding hydrogens is 436 g/mol. The summed E-state index contributed by atoms with van der Waals surface area (Å²) in [6.07, 6.45) is 5.27. The highest BCUT2D eigenvalue weighted by Gasteiger charge is 2.29. The van der Waals surface area contributed by atoms with E-state index in [2.05, 4.69) is 16.9 Å². The van der Waals surface area contributed by atoms with E-state index >= 15 is 0 Å². The van der Waals surface area contributed by atoms with Gasteiger partial charge >= 0.3 is 0 Å². The van der Waals surface area contributed by atoms with Crippen LogP contribution < -0.4 is 4.74 Å². The summed E-state index contributed by atoms with van der Waals surface area (Å²) in [4.78, 5) is 12.4. The first-order valence-electron chi connectivity index (χ1n) is 11.9. The average molecular weight is 466 g/mol. The number of hydrogen-bond acceptors (Lipinski definition) is 4. The normalized spacial score (nSPS) is 20.5. The molecule has 34 heavy (non-hydrogen) atoms. The maximum atomic E-state index is 14.4. The van der Waals surface area contributed by atoms with Gasteiger partial charge in [0.1, 0.15) is 18.2 Å². The van der Waals surface area contributed by atoms with E-state index in [1.54, 1.807) is 25.1 Å². The van der Waals surface area contributed by atoms with Gasteiger partial charge in [-0.2, -0.15) is 0 Å². The molecule has 1 aliphatic rings. The second-order valence-corrected chi connectivity index (χ2v) is 9.54. The second kappa shape index (κ2) is 9.29. The molecule has 0 aliphatic heterocycles. The molecule has 2 aromatic carbocycles. The molecule has 2 heterocycles. The monoisotopic (exact) mass is 465 g/mol. The summed E-state index contributed by atoms with van der Waals surface area (Å²) in [5.74, 6) is 1.28. The molecule has 178 valence electrons. The number of aliphatic hydroxyl groups excluding tert-OH is 1. The van der Waals surface area contributed by atoms with Crippen LogP contribution in [0.5, 0.6) is 5.75 Å². The Hall–Kier alpha value is -3.06. The van der Waals surface area contributed by atoms with Gasteiger partial charge in [-0.1, -0.05) is 6.92 Å². The third kappa shape index (κ3) is 4.49. The maximum Gasteiger partial charge on any atom is 0.167 e. The Bertz CT molecular complexity index is 1310. The van der Waals surface area contributed by atoms with Crippen molar-refractivity contribution in [1.29, 1.82) is 0 Å². The van der Waals surface area contributed by atoms with Gasteiger partial charge in [0.2, 0.25) is 0 Å². The van der Waals surface area contributed by atoms with E-state index in [1.807, 2.05) is 12.3 Å². The quantitative estimate of drug-likeness (QED) is 0.354. The molecule has 5 rings (SSSR count). The van der Waals surface area contributed by atoms with Crippen LogP contribution in [0.2, 0.25) is 0 Å². The van der Waals surface area contributed by atoms with Crippen LogP contribution in [0.25, 0.3) is 21.9 Å². The van der Waals surface area contributed by atoms with Crippen molar-refractivity contribution in [2.75, 3.05) is 6.61 Å². The maximum absolute atomic E-state index is 14.4. The smallest absolute Gasteiger partial charge is 0.167 e. The Kier molecular flexibility index (Phi) is 6.21. The summed E-state index contributed by atoms with van der Waals surface area (Å²) >= 11 is 0. The second-order valence-electron chi connectivity index (χ2n) is 9.54. The number of hydrogen-bond donors (Lipinski definition) is 2. The number of aliphatic hydroxyl groups is 1. The number of pyridine rings is 1. The van der Waals surface area contributed by atoms with Gasteiger partial charge in [0.15, 0.2) is 11.6 Å². The van der Waals surface area contributed by atoms with Crippen molar-refractivity contribution in [1.82, 2.24) is 15.0 Å². The first kappa shape index (κ1) is 22.7. The Labute approximate surface area is 197 Å². The molecule has 0 amide bonds. The zero-order valence-corrected chi connectivity index (χ0v) is 19.4. The first-order valence-corrected chi connectivity index (χ1v) is 11.9. The van der Waals surface area contributed by atoms with Crippen molar-refractivity contribution in [3.05, 3.63) is 65.6 Å². The van der Waals surface area contributed by atoms with E-state index < -0.39 is 11.9 Å². The fourth-order valence-corrected chi connectivity index (χ4v) is 5.22. The minimum absolute atomic E-state index is 0.0265. The van der Waals surface area contributed by atoms with E-state index in [0.717, 1.165) is 42.4 Å². The lowest BCUT2D eigenvalue weighted by Gasteiger charge is -2.32. The number of imidazole rings is 1. The van der Waals surface area contributed by atoms with Crippen molar-refractivity contribution < 1.29 is 18.6 Å². The largest absolute Gasteiger partial charge is 0.488 e. The van der Waals surface area contributed by atoms with Crippen LogP contribution in [0, 0.1) is 17.6 Å². The van der Waals surface area contributed by atoms with Crippen molar-refractivity contribution in [2.45, 2.75) is 57.5 Å². The number of nitrogens with zero attached hydrogens (tertiary/aromatic N) is 2. The molecule has 1 aliphatic carbocycles. The third-order valence-corrected chi connectivity index (χ3v) is 7.12. The van der Waals surface area contributed by atoms with E-state index in [-0.39, 0.29) is 24.1 Å². The van der Waals surface area contributed by atoms with Crippen LogP contribution in [0.1, 0.15) is 62.8 Å². The fourth-order valence-electron chi connectivity index (χ4n) is 5.22. The van der Waals surface area contributed by atoms with Crippen molar-refractivity contribution in [3.63, 3.8) is 0 Å². The highest BCUT2D eigenvalue weighted by Crippen LogP contribution is 2.43. The molecule has 7 heteroatoms. The molecule has 4 aromatic rings. The van der Waals surface area contributed by atoms with E-state index in [1.165, 1.54) is 17.7 Å². The predicted molar refractivity (Wildman–Crippen MR) is 128 cm³/mol. The van der Waals surface area contributed by atoms with Crippen molar-refractivity contribution >= 4 is 21.9 Å². The van der Waals surface area contributed by atoms with Crippen LogP contribution in [0.15, 0.2) is 42.6 Å². The minimum atomic E-state index is -0.677. The highest BCUT2D eigenvalue weighted by atomic mass is 19.1. The first-order chi connectivity index (χ1) is 16.4. The summed E-state index contributed by atoms with van der Waals surface area (Å²) < 4.78 is 33.6. The van der Waals surface area contributed by atoms with Crippen molar-refractivity contribution in [3.8, 4) is 5.75 Å². The van der Waals surface area contributed by atoms with Gasteiger partial charge < -0.3 is 14.8 Å². The number of ether oxygens (including phenoxy) is 1. The minimum Gasteiger partial charge on any atom is -0.488 e. The van der Waals surface area contributed by atoms with E-state index in [9.17, 15) is 13.9 Å². The number of H-pyrrole nitrogens is 1. The van der Waals surface area contributed by atoms with Gasteiger partial charge in [0.25, 0.3) is 0 Å². The van der Waals surface area contributed by atoms with Crippen LogP contribution in [0.3, 0.4) is 0 Å². The number of aromatic nitrogens is 3. The molecule has 0 spiro atoms. The zero-order chi connectivity index (χ0) is 23.8. The number of nitrogens with one attached hydrogen (secondary N) is 1. The van der Waals surface area contributed by atoms with E-state index in [0.29, 0.717) is 22.9 Å². The van der Waals surface area contributed by atoms with Crippen LogP contribution >= 0.6 is 0 Å². The van der Waals surface area contributed by atoms with Gasteiger partial charge in [-0.05, 0) is 74.3 Å². The number of aromatic amines is 1. The zero-order valence-electron chi connectivity index (χ0n) is 19.4. The lowest BCUT2D eigenvalue weighted by atomic mass is 9.73. The number of rotatable bonds is 6. The SMILES string of the molecule is CC(O)COc1cc2nc([C@H](C)[C@H]3CC[C@@H](c4ccnc5ccc(F)cc54)CC3)[nH]c2cc1F. The Morgan fingerprint density at radius 1 is 1.06 bits per heavy atom. The summed E-state index contributed by atoms with van der Waals surface area (Å²) in [6, 6.07) is 9.82. The van der Waals surface area contributed by atoms with Gasteiger partial charge in [-0.25, -0.2) is 13.8 Å². The van der Waals surface area contributed by atoms with Crippen LogP contribution in [-0.4, -0.2) is 32.8 Å². The Balaban J connectivity index is 1.30. The molecule has 1 saturated carbocycles.